The molecule has 0 amide bonds. The lowest BCUT2D eigenvalue weighted by Gasteiger charge is -2.35. The van der Waals surface area contributed by atoms with E-state index in [2.05, 4.69) is 4.98 Å². The van der Waals surface area contributed by atoms with Crippen molar-refractivity contribution in [1.29, 1.82) is 0 Å². The van der Waals surface area contributed by atoms with Gasteiger partial charge in [0.15, 0.2) is 0 Å². The number of nitrogens with zero attached hydrogens (tertiary/aromatic N) is 2. The number of hydrogen-bond donors (Lipinski definition) is 1. The van der Waals surface area contributed by atoms with Gasteiger partial charge in [0.25, 0.3) is 0 Å². The SMILES string of the molecule is O=C(O)c1cc(N2CCCC(C(F)(F)F)C2)ccn1. The third kappa shape index (κ3) is 3.15. The van der Waals surface area contributed by atoms with Crippen LogP contribution in [-0.4, -0.2) is 35.3 Å². The topological polar surface area (TPSA) is 53.4 Å². The lowest BCUT2D eigenvalue weighted by molar-refractivity contribution is -0.175. The molecule has 0 saturated carbocycles. The number of carboxylic acid groups (broad SMARTS) is 1. The first-order valence-electron chi connectivity index (χ1n) is 5.89. The number of carbonyl (C=O) groups is 1. The Labute approximate surface area is 107 Å². The van der Waals surface area contributed by atoms with Crippen LogP contribution in [0.15, 0.2) is 18.3 Å². The molecule has 1 saturated heterocycles. The van der Waals surface area contributed by atoms with Gasteiger partial charge in [-0.15, -0.1) is 0 Å². The predicted molar refractivity (Wildman–Crippen MR) is 62.2 cm³/mol. The van der Waals surface area contributed by atoms with Gasteiger partial charge in [-0.05, 0) is 25.0 Å². The number of alkyl halides is 3. The molecule has 0 spiro atoms. The first-order valence-corrected chi connectivity index (χ1v) is 5.89. The van der Waals surface area contributed by atoms with Crippen LogP contribution >= 0.6 is 0 Å². The van der Waals surface area contributed by atoms with Crippen molar-refractivity contribution < 1.29 is 23.1 Å². The molecule has 1 aliphatic rings. The van der Waals surface area contributed by atoms with Crippen molar-refractivity contribution in [2.45, 2.75) is 19.0 Å². The van der Waals surface area contributed by atoms with Gasteiger partial charge in [0, 0.05) is 25.0 Å². The summed E-state index contributed by atoms with van der Waals surface area (Å²) in [4.78, 5) is 16.0. The van der Waals surface area contributed by atoms with Crippen molar-refractivity contribution in [3.8, 4) is 0 Å². The lowest BCUT2D eigenvalue weighted by atomic mass is 9.97. The Morgan fingerprint density at radius 1 is 1.47 bits per heavy atom. The summed E-state index contributed by atoms with van der Waals surface area (Å²) in [5.74, 6) is -2.55. The van der Waals surface area contributed by atoms with Gasteiger partial charge in [0.1, 0.15) is 5.69 Å². The second-order valence-electron chi connectivity index (χ2n) is 4.53. The van der Waals surface area contributed by atoms with Gasteiger partial charge in [-0.2, -0.15) is 13.2 Å². The molecule has 0 bridgehead atoms. The molecule has 7 heteroatoms. The van der Waals surface area contributed by atoms with Crippen molar-refractivity contribution in [3.63, 3.8) is 0 Å². The maximum atomic E-state index is 12.7. The molecule has 19 heavy (non-hydrogen) atoms. The van der Waals surface area contributed by atoms with Crippen LogP contribution < -0.4 is 4.90 Å². The Balaban J connectivity index is 2.17. The van der Waals surface area contributed by atoms with E-state index in [1.165, 1.54) is 18.3 Å². The first kappa shape index (κ1) is 13.6. The van der Waals surface area contributed by atoms with E-state index in [0.29, 0.717) is 18.7 Å². The predicted octanol–water partition coefficient (Wildman–Crippen LogP) is 2.56. The van der Waals surface area contributed by atoms with E-state index >= 15 is 0 Å². The summed E-state index contributed by atoms with van der Waals surface area (Å²) in [5.41, 5.74) is 0.313. The number of carboxylic acids is 1. The minimum Gasteiger partial charge on any atom is -0.477 e. The molecule has 1 unspecified atom stereocenters. The first-order chi connectivity index (χ1) is 8.88. The summed E-state index contributed by atoms with van der Waals surface area (Å²) >= 11 is 0. The van der Waals surface area contributed by atoms with Gasteiger partial charge in [0.05, 0.1) is 5.92 Å². The molecular formula is C12H13F3N2O2. The molecule has 0 aliphatic carbocycles. The summed E-state index contributed by atoms with van der Waals surface area (Å²) in [5, 5.41) is 8.83. The molecule has 2 heterocycles. The highest BCUT2D eigenvalue weighted by atomic mass is 19.4. The number of aromatic nitrogens is 1. The second-order valence-corrected chi connectivity index (χ2v) is 4.53. The Morgan fingerprint density at radius 3 is 2.84 bits per heavy atom. The summed E-state index contributed by atoms with van der Waals surface area (Å²) < 4.78 is 38.1. The van der Waals surface area contributed by atoms with Crippen molar-refractivity contribution >= 4 is 11.7 Å². The van der Waals surface area contributed by atoms with Crippen molar-refractivity contribution in [2.24, 2.45) is 5.92 Å². The maximum absolute atomic E-state index is 12.7. The lowest BCUT2D eigenvalue weighted by Crippen LogP contribution is -2.41. The third-order valence-corrected chi connectivity index (χ3v) is 3.21. The fourth-order valence-corrected chi connectivity index (χ4v) is 2.21. The minimum atomic E-state index is -4.21. The molecule has 1 atom stereocenters. The highest BCUT2D eigenvalue weighted by Gasteiger charge is 2.41. The highest BCUT2D eigenvalue weighted by molar-refractivity contribution is 5.86. The largest absolute Gasteiger partial charge is 0.477 e. The number of anilines is 1. The van der Waals surface area contributed by atoms with E-state index in [9.17, 15) is 18.0 Å². The molecule has 1 fully saturated rings. The van der Waals surface area contributed by atoms with Crippen LogP contribution in [0.25, 0.3) is 0 Å². The molecule has 1 N–H and O–H groups in total. The van der Waals surface area contributed by atoms with Gasteiger partial charge in [-0.1, -0.05) is 0 Å². The van der Waals surface area contributed by atoms with E-state index < -0.39 is 18.1 Å². The number of rotatable bonds is 2. The van der Waals surface area contributed by atoms with Crippen LogP contribution in [0.2, 0.25) is 0 Å². The van der Waals surface area contributed by atoms with Crippen molar-refractivity contribution in [3.05, 3.63) is 24.0 Å². The fourth-order valence-electron chi connectivity index (χ4n) is 2.21. The van der Waals surface area contributed by atoms with Crippen LogP contribution in [-0.2, 0) is 0 Å². The monoisotopic (exact) mass is 274 g/mol. The van der Waals surface area contributed by atoms with Crippen LogP contribution in [0.1, 0.15) is 23.3 Å². The van der Waals surface area contributed by atoms with Crippen LogP contribution in [0.5, 0.6) is 0 Å². The zero-order valence-corrected chi connectivity index (χ0v) is 10.0. The molecule has 1 aromatic rings. The summed E-state index contributed by atoms with van der Waals surface area (Å²) in [6.07, 6.45) is -2.34. The second kappa shape index (κ2) is 5.07. The van der Waals surface area contributed by atoms with Gasteiger partial charge in [0.2, 0.25) is 0 Å². The number of hydrogen-bond acceptors (Lipinski definition) is 3. The standard InChI is InChI=1S/C12H13F3N2O2/c13-12(14,15)8-2-1-5-17(7-8)9-3-4-16-10(6-9)11(18)19/h3-4,6,8H,1-2,5,7H2,(H,18,19). The Bertz CT molecular complexity index is 476. The molecule has 104 valence electrons. The zero-order chi connectivity index (χ0) is 14.0. The van der Waals surface area contributed by atoms with E-state index in [0.717, 1.165) is 0 Å². The molecule has 1 aliphatic heterocycles. The van der Waals surface area contributed by atoms with Crippen LogP contribution in [0.4, 0.5) is 18.9 Å². The maximum Gasteiger partial charge on any atom is 0.393 e. The summed E-state index contributed by atoms with van der Waals surface area (Å²) in [7, 11) is 0. The van der Waals surface area contributed by atoms with Crippen LogP contribution in [0, 0.1) is 5.92 Å². The normalized spacial score (nSPS) is 20.4. The third-order valence-electron chi connectivity index (χ3n) is 3.21. The summed E-state index contributed by atoms with van der Waals surface area (Å²) in [6, 6.07) is 2.84. The number of halogens is 3. The molecule has 0 aromatic carbocycles. The van der Waals surface area contributed by atoms with Crippen molar-refractivity contribution in [2.75, 3.05) is 18.0 Å². The molecule has 1 aromatic heterocycles. The van der Waals surface area contributed by atoms with E-state index in [1.54, 1.807) is 4.90 Å². The van der Waals surface area contributed by atoms with Gasteiger partial charge in [-0.3, -0.25) is 0 Å². The van der Waals surface area contributed by atoms with E-state index in [1.807, 2.05) is 0 Å². The number of piperidine rings is 1. The van der Waals surface area contributed by atoms with Gasteiger partial charge in [-0.25, -0.2) is 9.78 Å². The van der Waals surface area contributed by atoms with Crippen LogP contribution in [0.3, 0.4) is 0 Å². The van der Waals surface area contributed by atoms with Gasteiger partial charge >= 0.3 is 12.1 Å². The van der Waals surface area contributed by atoms with Gasteiger partial charge < -0.3 is 10.0 Å². The van der Waals surface area contributed by atoms with Crippen molar-refractivity contribution in [1.82, 2.24) is 4.98 Å². The molecule has 4 nitrogen and oxygen atoms in total. The van der Waals surface area contributed by atoms with E-state index in [-0.39, 0.29) is 18.7 Å². The average Bonchev–Trinajstić information content (AvgIpc) is 2.38. The molecule has 2 rings (SSSR count). The van der Waals surface area contributed by atoms with E-state index in [4.69, 9.17) is 5.11 Å². The minimum absolute atomic E-state index is 0.122. The Kier molecular flexibility index (Phi) is 3.64. The summed E-state index contributed by atoms with van der Waals surface area (Å²) in [6.45, 7) is 0.363. The smallest absolute Gasteiger partial charge is 0.393 e. The Hall–Kier alpha value is -1.79. The molecule has 0 radical (unpaired) electrons. The number of pyridine rings is 1. The average molecular weight is 274 g/mol. The highest BCUT2D eigenvalue weighted by Crippen LogP contribution is 2.34. The molecular weight excluding hydrogens is 261 g/mol. The number of aromatic carboxylic acids is 1. The quantitative estimate of drug-likeness (QED) is 0.900. The Morgan fingerprint density at radius 2 is 2.21 bits per heavy atom. The fraction of sp³-hybridized carbons (Fsp3) is 0.500. The zero-order valence-electron chi connectivity index (χ0n) is 10.0.